The van der Waals surface area contributed by atoms with Crippen molar-refractivity contribution < 1.29 is 29.0 Å². The number of rotatable bonds is 14. The highest BCUT2D eigenvalue weighted by Crippen LogP contribution is 2.40. The number of nitrogens with zero attached hydrogens (tertiary/aromatic N) is 4. The molecule has 2 N–H and O–H groups in total. The molecule has 0 atom stereocenters. The summed E-state index contributed by atoms with van der Waals surface area (Å²) in [6.45, 7) is 4.74. The second-order valence-electron chi connectivity index (χ2n) is 13.7. The van der Waals surface area contributed by atoms with Crippen LogP contribution < -0.4 is 15.7 Å². The van der Waals surface area contributed by atoms with Crippen LogP contribution in [0.4, 0.5) is 5.82 Å². The number of esters is 1. The number of nitrogens with one attached hydrogen (secondary N) is 1. The van der Waals surface area contributed by atoms with Gasteiger partial charge >= 0.3 is 11.7 Å². The normalized spacial score (nSPS) is 14.4. The van der Waals surface area contributed by atoms with Crippen molar-refractivity contribution in [1.29, 1.82) is 0 Å². The van der Waals surface area contributed by atoms with Gasteiger partial charge in [-0.2, -0.15) is 4.98 Å². The highest BCUT2D eigenvalue weighted by Gasteiger charge is 2.37. The van der Waals surface area contributed by atoms with Crippen molar-refractivity contribution >= 4 is 29.2 Å². The predicted octanol–water partition coefficient (Wildman–Crippen LogP) is 5.32. The number of aromatic nitrogens is 2. The molecule has 0 bridgehead atoms. The third-order valence-corrected chi connectivity index (χ3v) is 9.27. The summed E-state index contributed by atoms with van der Waals surface area (Å²) in [5, 5.41) is 14.1. The number of carbonyl (C=O) groups excluding carboxylic acids is 3. The van der Waals surface area contributed by atoms with Gasteiger partial charge in [0.1, 0.15) is 36.0 Å². The summed E-state index contributed by atoms with van der Waals surface area (Å²) in [5.41, 5.74) is 1.22. The molecule has 1 aromatic heterocycles. The smallest absolute Gasteiger partial charge is 0.349 e. The summed E-state index contributed by atoms with van der Waals surface area (Å²) in [6.07, 6.45) is 2.12. The molecule has 12 heteroatoms. The van der Waals surface area contributed by atoms with E-state index < -0.39 is 29.6 Å². The quantitative estimate of drug-likeness (QED) is 0.100. The number of aliphatic hydroxyl groups excluding tert-OH is 1. The number of carbonyl (C=O) groups is 3. The van der Waals surface area contributed by atoms with Gasteiger partial charge in [0.05, 0.1) is 26.3 Å². The molecule has 5 rings (SSSR count). The van der Waals surface area contributed by atoms with Crippen molar-refractivity contribution in [1.82, 2.24) is 14.5 Å². The second-order valence-corrected chi connectivity index (χ2v) is 13.7. The van der Waals surface area contributed by atoms with Gasteiger partial charge in [0.2, 0.25) is 5.91 Å². The fourth-order valence-electron chi connectivity index (χ4n) is 6.62. The van der Waals surface area contributed by atoms with Crippen LogP contribution in [0.5, 0.6) is 5.75 Å². The maximum atomic E-state index is 13.5. The number of aliphatic hydroxyl groups is 1. The molecule has 53 heavy (non-hydrogen) atoms. The van der Waals surface area contributed by atoms with E-state index in [9.17, 15) is 24.3 Å². The number of methoxy groups -OCH3 is 2. The summed E-state index contributed by atoms with van der Waals surface area (Å²) < 4.78 is 11.4. The van der Waals surface area contributed by atoms with Gasteiger partial charge in [0.25, 0.3) is 0 Å². The second kappa shape index (κ2) is 16.5. The first-order valence-electron chi connectivity index (χ1n) is 17.3. The lowest BCUT2D eigenvalue weighted by Gasteiger charge is -2.37. The molecule has 0 fully saturated rings. The molecular formula is C41H45N5O7. The van der Waals surface area contributed by atoms with Gasteiger partial charge in [-0.1, -0.05) is 86.6 Å². The van der Waals surface area contributed by atoms with Crippen molar-refractivity contribution in [2.24, 2.45) is 10.4 Å². The van der Waals surface area contributed by atoms with E-state index in [1.54, 1.807) is 20.1 Å². The number of amides is 1. The molecule has 0 spiro atoms. The largest absolute Gasteiger partial charge is 0.511 e. The Hall–Kier alpha value is -6.04. The van der Waals surface area contributed by atoms with E-state index in [4.69, 9.17) is 9.47 Å². The topological polar surface area (TPSA) is 152 Å². The van der Waals surface area contributed by atoms with Gasteiger partial charge in [0.15, 0.2) is 5.78 Å². The zero-order valence-electron chi connectivity index (χ0n) is 30.7. The maximum absolute atomic E-state index is 13.5. The van der Waals surface area contributed by atoms with E-state index in [1.165, 1.54) is 18.2 Å². The number of anilines is 1. The molecule has 4 aromatic rings. The molecule has 3 aromatic carbocycles. The van der Waals surface area contributed by atoms with Crippen LogP contribution in [-0.2, 0) is 31.2 Å². The molecule has 1 aliphatic rings. The average molecular weight is 720 g/mol. The monoisotopic (exact) mass is 719 g/mol. The summed E-state index contributed by atoms with van der Waals surface area (Å²) in [6, 6.07) is 28.9. The first kappa shape index (κ1) is 38.2. The molecule has 0 aliphatic heterocycles. The minimum absolute atomic E-state index is 0.000645. The minimum Gasteiger partial charge on any atom is -0.511 e. The Balaban J connectivity index is 1.40. The Bertz CT molecular complexity index is 2020. The third kappa shape index (κ3) is 8.89. The molecule has 0 saturated heterocycles. The first-order chi connectivity index (χ1) is 25.4. The molecule has 0 unspecified atom stereocenters. The average Bonchev–Trinajstić information content (AvgIpc) is 3.14. The highest BCUT2D eigenvalue weighted by atomic mass is 16.5. The van der Waals surface area contributed by atoms with Crippen LogP contribution in [0.1, 0.15) is 50.3 Å². The molecule has 0 saturated carbocycles. The molecule has 12 nitrogen and oxygen atoms in total. The first-order valence-corrected chi connectivity index (χ1v) is 17.3. The third-order valence-electron chi connectivity index (χ3n) is 9.27. The maximum Gasteiger partial charge on any atom is 0.349 e. The number of ether oxygens (including phenoxy) is 2. The summed E-state index contributed by atoms with van der Waals surface area (Å²) in [7, 11) is 2.82. The summed E-state index contributed by atoms with van der Waals surface area (Å²) >= 11 is 0. The molecule has 0 radical (unpaired) electrons. The lowest BCUT2D eigenvalue weighted by Crippen LogP contribution is -2.42. The lowest BCUT2D eigenvalue weighted by atomic mass is 9.76. The van der Waals surface area contributed by atoms with E-state index in [2.05, 4.69) is 15.3 Å². The van der Waals surface area contributed by atoms with Gasteiger partial charge in [-0.15, -0.1) is 0 Å². The fourth-order valence-corrected chi connectivity index (χ4v) is 6.62. The van der Waals surface area contributed by atoms with Gasteiger partial charge in [-0.05, 0) is 47.2 Å². The standard InChI is InChI=1S/C41H45N5O7/c1-28(38-33(47)24-40(2,3)25-34(38)48)42-21-23-45(27-37(50)53-5)36(49)26-46-22-20-35(43-39(46)51)44-41(29-12-8-6-9-13-29,30-14-10-7-11-15-30)31-16-18-32(52-4)19-17-31/h6-20,22,47H,21,23-27H2,1-5H3,(H,43,44,51). The number of hydrogen-bond donors (Lipinski definition) is 2. The van der Waals surface area contributed by atoms with Crippen LogP contribution in [-0.4, -0.2) is 76.8 Å². The van der Waals surface area contributed by atoms with Crippen LogP contribution in [0, 0.1) is 5.41 Å². The van der Waals surface area contributed by atoms with Gasteiger partial charge < -0.3 is 24.8 Å². The van der Waals surface area contributed by atoms with Gasteiger partial charge in [-0.25, -0.2) is 4.79 Å². The number of hydrogen-bond acceptors (Lipinski definition) is 10. The van der Waals surface area contributed by atoms with Gasteiger partial charge in [-0.3, -0.25) is 23.9 Å². The Labute approximate surface area is 308 Å². The van der Waals surface area contributed by atoms with Crippen molar-refractivity contribution in [2.75, 3.05) is 39.2 Å². The van der Waals surface area contributed by atoms with E-state index >= 15 is 0 Å². The number of aliphatic imine (C=N–C) groups is 1. The Morgan fingerprint density at radius 1 is 0.925 bits per heavy atom. The minimum atomic E-state index is -0.975. The lowest BCUT2D eigenvalue weighted by molar-refractivity contribution is -0.147. The van der Waals surface area contributed by atoms with E-state index in [0.717, 1.165) is 21.3 Å². The molecular weight excluding hydrogens is 674 g/mol. The molecule has 1 aliphatic carbocycles. The number of ketones is 1. The fraction of sp³-hybridized carbons (Fsp3) is 0.317. The molecule has 276 valence electrons. The zero-order chi connectivity index (χ0) is 38.2. The number of allylic oxidation sites excluding steroid dienone is 2. The van der Waals surface area contributed by atoms with Crippen molar-refractivity contribution in [2.45, 2.75) is 45.7 Å². The van der Waals surface area contributed by atoms with Crippen LogP contribution in [0.2, 0.25) is 0 Å². The van der Waals surface area contributed by atoms with E-state index in [-0.39, 0.29) is 54.4 Å². The highest BCUT2D eigenvalue weighted by molar-refractivity contribution is 6.22. The summed E-state index contributed by atoms with van der Waals surface area (Å²) in [4.78, 5) is 62.1. The van der Waals surface area contributed by atoms with Crippen LogP contribution >= 0.6 is 0 Å². The zero-order valence-corrected chi connectivity index (χ0v) is 30.7. The Kier molecular flexibility index (Phi) is 11.9. The van der Waals surface area contributed by atoms with Crippen molar-refractivity contribution in [3.05, 3.63) is 136 Å². The van der Waals surface area contributed by atoms with E-state index in [0.29, 0.717) is 17.9 Å². The Morgan fingerprint density at radius 2 is 1.53 bits per heavy atom. The molecule has 1 heterocycles. The Morgan fingerprint density at radius 3 is 2.08 bits per heavy atom. The van der Waals surface area contributed by atoms with Gasteiger partial charge in [0, 0.05) is 31.3 Å². The number of benzene rings is 3. The van der Waals surface area contributed by atoms with Crippen molar-refractivity contribution in [3.8, 4) is 5.75 Å². The van der Waals surface area contributed by atoms with Crippen LogP contribution in [0.25, 0.3) is 0 Å². The van der Waals surface area contributed by atoms with Crippen LogP contribution in [0.15, 0.2) is 118 Å². The molecule has 1 amide bonds. The summed E-state index contributed by atoms with van der Waals surface area (Å²) in [5.74, 6) is -0.416. The van der Waals surface area contributed by atoms with E-state index in [1.807, 2.05) is 98.8 Å². The van der Waals surface area contributed by atoms with Crippen LogP contribution in [0.3, 0.4) is 0 Å². The predicted molar refractivity (Wildman–Crippen MR) is 202 cm³/mol. The van der Waals surface area contributed by atoms with Crippen molar-refractivity contribution in [3.63, 3.8) is 0 Å². The number of Topliss-reactive ketones (excluding diaryl/α,β-unsaturated/α-hetero) is 1. The SMILES string of the molecule is COC(=O)CN(CCN=C(C)C1=C(O)CC(C)(C)CC1=O)C(=O)Cn1ccc(NC(c2ccccc2)(c2ccccc2)c2ccc(OC)cc2)nc1=O.